The minimum Gasteiger partial charge on any atom is -0.447 e. The molecule has 5 atom stereocenters. The third-order valence-corrected chi connectivity index (χ3v) is 8.24. The van der Waals surface area contributed by atoms with E-state index in [-0.39, 0.29) is 11.8 Å². The summed E-state index contributed by atoms with van der Waals surface area (Å²) in [6.45, 7) is 4.18. The second-order valence-corrected chi connectivity index (χ2v) is 9.96. The Balaban J connectivity index is 2.14. The van der Waals surface area contributed by atoms with Crippen molar-refractivity contribution < 1.29 is 9.47 Å². The molecule has 1 saturated carbocycles. The van der Waals surface area contributed by atoms with Gasteiger partial charge in [-0.2, -0.15) is 15.8 Å². The van der Waals surface area contributed by atoms with Crippen molar-refractivity contribution in [3.63, 3.8) is 0 Å². The van der Waals surface area contributed by atoms with Crippen molar-refractivity contribution in [1.29, 1.82) is 21.2 Å². The topological polar surface area (TPSA) is 114 Å². The molecule has 0 aromatic rings. The summed E-state index contributed by atoms with van der Waals surface area (Å²) >= 11 is 0. The van der Waals surface area contributed by atoms with Crippen LogP contribution < -0.4 is 0 Å². The highest BCUT2D eigenvalue weighted by Crippen LogP contribution is 2.66. The van der Waals surface area contributed by atoms with Crippen molar-refractivity contribution >= 4 is 5.90 Å². The van der Waals surface area contributed by atoms with E-state index in [9.17, 15) is 15.8 Å². The molecule has 0 aromatic heterocycles. The van der Waals surface area contributed by atoms with E-state index < -0.39 is 28.6 Å². The summed E-state index contributed by atoms with van der Waals surface area (Å²) in [5.41, 5.74) is -3.32. The molecule has 3 fully saturated rings. The second kappa shape index (κ2) is 10.2. The quantitative estimate of drug-likeness (QED) is 0.535. The van der Waals surface area contributed by atoms with E-state index in [1.807, 2.05) is 0 Å². The van der Waals surface area contributed by atoms with Crippen LogP contribution in [0.3, 0.4) is 0 Å². The maximum Gasteiger partial charge on any atom is 0.217 e. The third-order valence-electron chi connectivity index (χ3n) is 8.24. The SMILES string of the molecule is CCCCC(CC)C1OC23CCCCCCCCCCC2C(C#N)(C(=N)O3)C1(C#N)C#N. The number of nitrogens with one attached hydrogen (secondary N) is 1. The lowest BCUT2D eigenvalue weighted by molar-refractivity contribution is -0.295. The first-order valence-electron chi connectivity index (χ1n) is 12.7. The van der Waals surface area contributed by atoms with E-state index in [4.69, 9.17) is 14.9 Å². The van der Waals surface area contributed by atoms with E-state index in [0.29, 0.717) is 12.8 Å². The predicted molar refractivity (Wildman–Crippen MR) is 121 cm³/mol. The zero-order valence-corrected chi connectivity index (χ0v) is 19.8. The van der Waals surface area contributed by atoms with Crippen LogP contribution in [0, 0.1) is 62.1 Å². The maximum atomic E-state index is 10.6. The smallest absolute Gasteiger partial charge is 0.217 e. The monoisotopic (exact) mass is 438 g/mol. The van der Waals surface area contributed by atoms with Crippen molar-refractivity contribution in [2.75, 3.05) is 0 Å². The largest absolute Gasteiger partial charge is 0.447 e. The van der Waals surface area contributed by atoms with E-state index >= 15 is 0 Å². The zero-order valence-electron chi connectivity index (χ0n) is 19.8. The standard InChI is InChI=1S/C26H38N4O2/c1-3-5-14-20(4-2)22-24(17-27,18-28)25(19-29)21-15-12-10-8-6-7-9-11-13-16-26(21,31-22)32-23(25)30/h20-22,30H,3-16H2,1-2H3. The summed E-state index contributed by atoms with van der Waals surface area (Å²) in [5, 5.41) is 40.3. The van der Waals surface area contributed by atoms with Gasteiger partial charge < -0.3 is 9.47 Å². The van der Waals surface area contributed by atoms with Gasteiger partial charge in [-0.1, -0.05) is 78.1 Å². The number of nitriles is 3. The van der Waals surface area contributed by atoms with Crippen molar-refractivity contribution in [2.45, 2.75) is 116 Å². The molecule has 5 unspecified atom stereocenters. The van der Waals surface area contributed by atoms with Gasteiger partial charge in [0, 0.05) is 6.42 Å². The van der Waals surface area contributed by atoms with Crippen LogP contribution in [0.1, 0.15) is 104 Å². The first kappa shape index (κ1) is 24.5. The number of hydrogen-bond acceptors (Lipinski definition) is 6. The normalized spacial score (nSPS) is 35.5. The fourth-order valence-corrected chi connectivity index (χ4v) is 6.43. The summed E-state index contributed by atoms with van der Waals surface area (Å²) in [6, 6.07) is 6.84. The number of nitrogens with zero attached hydrogens (tertiary/aromatic N) is 3. The van der Waals surface area contributed by atoms with Crippen molar-refractivity contribution in [3.05, 3.63) is 0 Å². The highest BCUT2D eigenvalue weighted by molar-refractivity contribution is 5.89. The van der Waals surface area contributed by atoms with Crippen LogP contribution in [-0.4, -0.2) is 17.8 Å². The Morgan fingerprint density at radius 2 is 1.59 bits per heavy atom. The number of hydrogen-bond donors (Lipinski definition) is 1. The van der Waals surface area contributed by atoms with E-state index in [2.05, 4.69) is 32.1 Å². The van der Waals surface area contributed by atoms with Crippen LogP contribution in [0.5, 0.6) is 0 Å². The Morgan fingerprint density at radius 3 is 2.16 bits per heavy atom. The molecule has 1 N–H and O–H groups in total. The summed E-state index contributed by atoms with van der Waals surface area (Å²) in [5.74, 6) is -1.80. The van der Waals surface area contributed by atoms with Crippen LogP contribution in [0.25, 0.3) is 0 Å². The number of ether oxygens (including phenoxy) is 2. The molecule has 3 aliphatic rings. The van der Waals surface area contributed by atoms with E-state index in [1.54, 1.807) is 0 Å². The lowest BCUT2D eigenvalue weighted by atomic mass is 9.51. The lowest BCUT2D eigenvalue weighted by Gasteiger charge is -2.52. The van der Waals surface area contributed by atoms with Crippen LogP contribution in [-0.2, 0) is 9.47 Å². The number of unbranched alkanes of at least 4 members (excludes halogenated alkanes) is 1. The molecule has 6 heteroatoms. The third kappa shape index (κ3) is 3.70. The van der Waals surface area contributed by atoms with E-state index in [0.717, 1.165) is 57.8 Å². The van der Waals surface area contributed by atoms with Crippen LogP contribution in [0.2, 0.25) is 0 Å². The molecule has 0 radical (unpaired) electrons. The van der Waals surface area contributed by atoms with Crippen molar-refractivity contribution in [1.82, 2.24) is 0 Å². The molecular formula is C26H38N4O2. The van der Waals surface area contributed by atoms with Crippen molar-refractivity contribution in [3.8, 4) is 18.2 Å². The molecule has 174 valence electrons. The fourth-order valence-electron chi connectivity index (χ4n) is 6.43. The molecule has 0 spiro atoms. The van der Waals surface area contributed by atoms with Gasteiger partial charge in [0.15, 0.2) is 10.8 Å². The molecule has 2 heterocycles. The van der Waals surface area contributed by atoms with Gasteiger partial charge in [0.1, 0.15) is 0 Å². The Labute approximate surface area is 193 Å². The zero-order chi connectivity index (χ0) is 23.2. The first-order valence-corrected chi connectivity index (χ1v) is 12.7. The summed E-state index contributed by atoms with van der Waals surface area (Å²) in [4.78, 5) is 0. The maximum absolute atomic E-state index is 10.6. The average molecular weight is 439 g/mol. The lowest BCUT2D eigenvalue weighted by Crippen LogP contribution is -2.64. The minimum absolute atomic E-state index is 0.0318. The van der Waals surface area contributed by atoms with Crippen molar-refractivity contribution in [2.24, 2.45) is 22.7 Å². The minimum atomic E-state index is -1.74. The predicted octanol–water partition coefficient (Wildman–Crippen LogP) is 6.38. The first-order chi connectivity index (χ1) is 15.5. The highest BCUT2D eigenvalue weighted by Gasteiger charge is 2.80. The summed E-state index contributed by atoms with van der Waals surface area (Å²) in [7, 11) is 0. The average Bonchev–Trinajstić information content (AvgIpc) is 2.98. The second-order valence-electron chi connectivity index (χ2n) is 9.96. The van der Waals surface area contributed by atoms with Gasteiger partial charge in [0.05, 0.1) is 30.2 Å². The molecule has 3 rings (SSSR count). The Bertz CT molecular complexity index is 792. The van der Waals surface area contributed by atoms with Gasteiger partial charge in [0.2, 0.25) is 11.7 Å². The Morgan fingerprint density at radius 1 is 0.969 bits per heavy atom. The summed E-state index contributed by atoms with van der Waals surface area (Å²) < 4.78 is 13.0. The Hall–Kier alpha value is -2.10. The van der Waals surface area contributed by atoms with Crippen LogP contribution in [0.4, 0.5) is 0 Å². The van der Waals surface area contributed by atoms with Crippen LogP contribution >= 0.6 is 0 Å². The van der Waals surface area contributed by atoms with Gasteiger partial charge in [-0.25, -0.2) is 0 Å². The van der Waals surface area contributed by atoms with Gasteiger partial charge in [-0.3, -0.25) is 5.41 Å². The van der Waals surface area contributed by atoms with E-state index in [1.165, 1.54) is 19.3 Å². The molecule has 2 bridgehead atoms. The van der Waals surface area contributed by atoms with Gasteiger partial charge in [-0.15, -0.1) is 0 Å². The molecule has 1 aliphatic carbocycles. The highest BCUT2D eigenvalue weighted by atomic mass is 16.7. The molecule has 32 heavy (non-hydrogen) atoms. The molecule has 0 aromatic carbocycles. The fraction of sp³-hybridized carbons (Fsp3) is 0.846. The summed E-state index contributed by atoms with van der Waals surface area (Å²) in [6.07, 6.45) is 12.8. The molecule has 0 amide bonds. The molecule has 6 nitrogen and oxygen atoms in total. The van der Waals surface area contributed by atoms with Crippen LogP contribution in [0.15, 0.2) is 0 Å². The molecule has 2 saturated heterocycles. The molecular weight excluding hydrogens is 400 g/mol. The van der Waals surface area contributed by atoms with Gasteiger partial charge in [0.25, 0.3) is 0 Å². The van der Waals surface area contributed by atoms with Gasteiger partial charge >= 0.3 is 0 Å². The van der Waals surface area contributed by atoms with Gasteiger partial charge in [-0.05, 0) is 25.2 Å². The molecule has 2 aliphatic heterocycles. The number of rotatable bonds is 5. The Kier molecular flexibility index (Phi) is 7.84.